The lowest BCUT2D eigenvalue weighted by Gasteiger charge is -2.35. The number of hydrogen-bond donors (Lipinski definition) is 2. The fraction of sp³-hybridized carbons (Fsp3) is 0.304. The number of pyridine rings is 1. The van der Waals surface area contributed by atoms with E-state index in [0.29, 0.717) is 16.9 Å². The SMILES string of the molecule is CC[C@H]1CN(c2ccncc2NC(=O)c2csc(-n3c(=O)n(C)c4ccccc43)n2)CCN1. The zero-order chi connectivity index (χ0) is 22.9. The van der Waals surface area contributed by atoms with Crippen LogP contribution in [0.1, 0.15) is 23.8 Å². The van der Waals surface area contributed by atoms with Crippen molar-refractivity contribution in [2.75, 3.05) is 29.9 Å². The van der Waals surface area contributed by atoms with Crippen molar-refractivity contribution in [3.05, 3.63) is 64.3 Å². The minimum absolute atomic E-state index is 0.198. The number of aryl methyl sites for hydroxylation is 1. The maximum Gasteiger partial charge on any atom is 0.335 e. The van der Waals surface area contributed by atoms with E-state index in [1.54, 1.807) is 29.4 Å². The number of fused-ring (bicyclic) bond motifs is 1. The molecule has 1 fully saturated rings. The maximum atomic E-state index is 13.0. The maximum absolute atomic E-state index is 13.0. The molecule has 1 aromatic carbocycles. The molecule has 0 aliphatic carbocycles. The molecule has 33 heavy (non-hydrogen) atoms. The average Bonchev–Trinajstić information content (AvgIpc) is 3.43. The van der Waals surface area contributed by atoms with Crippen molar-refractivity contribution in [2.45, 2.75) is 19.4 Å². The summed E-state index contributed by atoms with van der Waals surface area (Å²) >= 11 is 1.26. The summed E-state index contributed by atoms with van der Waals surface area (Å²) in [7, 11) is 1.73. The van der Waals surface area contributed by atoms with Crippen LogP contribution < -0.4 is 21.2 Å². The van der Waals surface area contributed by atoms with Crippen molar-refractivity contribution in [2.24, 2.45) is 7.05 Å². The van der Waals surface area contributed by atoms with E-state index in [1.165, 1.54) is 15.9 Å². The third-order valence-corrected chi connectivity index (χ3v) is 6.84. The van der Waals surface area contributed by atoms with E-state index >= 15 is 0 Å². The number of nitrogens with zero attached hydrogens (tertiary/aromatic N) is 5. The topological polar surface area (TPSA) is 97.1 Å². The van der Waals surface area contributed by atoms with Gasteiger partial charge in [-0.1, -0.05) is 19.1 Å². The second-order valence-electron chi connectivity index (χ2n) is 8.03. The summed E-state index contributed by atoms with van der Waals surface area (Å²) in [6.07, 6.45) is 4.44. The Hall–Kier alpha value is -3.50. The van der Waals surface area contributed by atoms with Gasteiger partial charge >= 0.3 is 5.69 Å². The average molecular weight is 464 g/mol. The summed E-state index contributed by atoms with van der Waals surface area (Å²) in [5, 5.41) is 8.61. The minimum atomic E-state index is -0.331. The monoisotopic (exact) mass is 463 g/mol. The van der Waals surface area contributed by atoms with Gasteiger partial charge in [0.1, 0.15) is 5.69 Å². The molecule has 1 atom stereocenters. The molecule has 1 amide bonds. The number of hydrogen-bond acceptors (Lipinski definition) is 7. The fourth-order valence-electron chi connectivity index (χ4n) is 4.21. The lowest BCUT2D eigenvalue weighted by atomic mass is 10.1. The second-order valence-corrected chi connectivity index (χ2v) is 8.87. The Morgan fingerprint density at radius 1 is 1.27 bits per heavy atom. The van der Waals surface area contributed by atoms with Crippen LogP contribution >= 0.6 is 11.3 Å². The minimum Gasteiger partial charge on any atom is -0.367 e. The number of amides is 1. The summed E-state index contributed by atoms with van der Waals surface area (Å²) in [6.45, 7) is 4.78. The van der Waals surface area contributed by atoms with Gasteiger partial charge < -0.3 is 15.5 Å². The van der Waals surface area contributed by atoms with Crippen LogP contribution in [0.4, 0.5) is 11.4 Å². The van der Waals surface area contributed by atoms with Crippen LogP contribution in [0, 0.1) is 0 Å². The summed E-state index contributed by atoms with van der Waals surface area (Å²) in [5.74, 6) is -0.331. The van der Waals surface area contributed by atoms with Crippen LogP contribution in [0.25, 0.3) is 16.2 Å². The molecule has 10 heteroatoms. The zero-order valence-corrected chi connectivity index (χ0v) is 19.3. The summed E-state index contributed by atoms with van der Waals surface area (Å²) in [5.41, 5.74) is 3.22. The fourth-order valence-corrected chi connectivity index (χ4v) is 5.02. The highest BCUT2D eigenvalue weighted by molar-refractivity contribution is 7.12. The number of para-hydroxylation sites is 2. The van der Waals surface area contributed by atoms with Gasteiger partial charge in [0.05, 0.1) is 28.6 Å². The number of anilines is 2. The Labute approximate surface area is 194 Å². The number of rotatable bonds is 5. The Morgan fingerprint density at radius 2 is 2.09 bits per heavy atom. The van der Waals surface area contributed by atoms with Gasteiger partial charge in [0, 0.05) is 44.3 Å². The molecule has 0 spiro atoms. The molecule has 1 aliphatic heterocycles. The van der Waals surface area contributed by atoms with Crippen molar-refractivity contribution in [3.8, 4) is 5.13 Å². The van der Waals surface area contributed by atoms with E-state index in [1.807, 2.05) is 30.3 Å². The standard InChI is InChI=1S/C23H25N7O2S/c1-3-15-13-29(11-10-25-15)18-8-9-24-12-16(18)26-21(31)17-14-33-22(27-17)30-20-7-5-4-6-19(20)28(2)23(30)32/h4-9,12,14-15,25H,3,10-11,13H2,1-2H3,(H,26,31)/t15-/m0/s1. The van der Waals surface area contributed by atoms with E-state index in [9.17, 15) is 9.59 Å². The quantitative estimate of drug-likeness (QED) is 0.472. The van der Waals surface area contributed by atoms with Gasteiger partial charge in [0.2, 0.25) is 0 Å². The zero-order valence-electron chi connectivity index (χ0n) is 18.5. The summed E-state index contributed by atoms with van der Waals surface area (Å²) in [4.78, 5) is 36.8. The van der Waals surface area contributed by atoms with Crippen molar-refractivity contribution in [1.82, 2.24) is 24.4 Å². The van der Waals surface area contributed by atoms with Gasteiger partial charge in [0.15, 0.2) is 5.13 Å². The van der Waals surface area contributed by atoms with Crippen LogP contribution in [0.5, 0.6) is 0 Å². The molecule has 1 saturated heterocycles. The largest absolute Gasteiger partial charge is 0.367 e. The van der Waals surface area contributed by atoms with Gasteiger partial charge in [-0.05, 0) is 24.6 Å². The van der Waals surface area contributed by atoms with Crippen LogP contribution in [0.3, 0.4) is 0 Å². The number of piperazine rings is 1. The van der Waals surface area contributed by atoms with Crippen LogP contribution in [0.15, 0.2) is 52.9 Å². The van der Waals surface area contributed by atoms with Crippen LogP contribution in [-0.2, 0) is 7.05 Å². The number of thiazole rings is 1. The first-order valence-corrected chi connectivity index (χ1v) is 11.8. The first-order valence-electron chi connectivity index (χ1n) is 10.9. The normalized spacial score (nSPS) is 16.3. The predicted molar refractivity (Wildman–Crippen MR) is 131 cm³/mol. The highest BCUT2D eigenvalue weighted by Gasteiger charge is 2.22. The number of imidazole rings is 1. The van der Waals surface area contributed by atoms with Crippen molar-refractivity contribution in [1.29, 1.82) is 0 Å². The molecule has 0 unspecified atom stereocenters. The first-order chi connectivity index (χ1) is 16.1. The number of nitrogens with one attached hydrogen (secondary N) is 2. The molecule has 0 radical (unpaired) electrons. The lowest BCUT2D eigenvalue weighted by molar-refractivity contribution is 0.102. The molecule has 170 valence electrons. The molecule has 4 aromatic rings. The number of aromatic nitrogens is 4. The van der Waals surface area contributed by atoms with Crippen molar-refractivity contribution in [3.63, 3.8) is 0 Å². The van der Waals surface area contributed by atoms with Gasteiger partial charge in [-0.2, -0.15) is 0 Å². The lowest BCUT2D eigenvalue weighted by Crippen LogP contribution is -2.50. The predicted octanol–water partition coefficient (Wildman–Crippen LogP) is 2.62. The molecule has 0 bridgehead atoms. The third kappa shape index (κ3) is 3.91. The number of carbonyl (C=O) groups is 1. The third-order valence-electron chi connectivity index (χ3n) is 6.01. The van der Waals surface area contributed by atoms with Gasteiger partial charge in [0.25, 0.3) is 5.91 Å². The Morgan fingerprint density at radius 3 is 2.91 bits per heavy atom. The molecular weight excluding hydrogens is 438 g/mol. The van der Waals surface area contributed by atoms with E-state index < -0.39 is 0 Å². The summed E-state index contributed by atoms with van der Waals surface area (Å²) in [6, 6.07) is 9.86. The van der Waals surface area contributed by atoms with E-state index in [4.69, 9.17) is 0 Å². The molecule has 2 N–H and O–H groups in total. The second kappa shape index (κ2) is 8.80. The van der Waals surface area contributed by atoms with Gasteiger partial charge in [-0.25, -0.2) is 14.3 Å². The number of carbonyl (C=O) groups excluding carboxylic acids is 1. The molecule has 9 nitrogen and oxygen atoms in total. The van der Waals surface area contributed by atoms with Crippen molar-refractivity contribution >= 4 is 39.7 Å². The molecule has 3 aromatic heterocycles. The highest BCUT2D eigenvalue weighted by atomic mass is 32.1. The van der Waals surface area contributed by atoms with Crippen molar-refractivity contribution < 1.29 is 4.79 Å². The van der Waals surface area contributed by atoms with Gasteiger partial charge in [-0.3, -0.25) is 14.3 Å². The van der Waals surface area contributed by atoms with Crippen LogP contribution in [-0.4, -0.2) is 50.7 Å². The Bertz CT molecular complexity index is 1370. The van der Waals surface area contributed by atoms with Gasteiger partial charge in [-0.15, -0.1) is 11.3 Å². The van der Waals surface area contributed by atoms with E-state index in [2.05, 4.69) is 32.4 Å². The van der Waals surface area contributed by atoms with E-state index in [-0.39, 0.29) is 17.3 Å². The van der Waals surface area contributed by atoms with Crippen LogP contribution in [0.2, 0.25) is 0 Å². The first kappa shape index (κ1) is 21.4. The van der Waals surface area contributed by atoms with E-state index in [0.717, 1.165) is 42.8 Å². The Balaban J connectivity index is 1.41. The highest BCUT2D eigenvalue weighted by Crippen LogP contribution is 2.27. The molecule has 5 rings (SSSR count). The Kier molecular flexibility index (Phi) is 5.69. The molecule has 1 aliphatic rings. The summed E-state index contributed by atoms with van der Waals surface area (Å²) < 4.78 is 3.12. The molecule has 4 heterocycles. The molecular formula is C23H25N7O2S. The molecule has 0 saturated carbocycles. The smallest absolute Gasteiger partial charge is 0.335 e. The number of benzene rings is 1.